The Labute approximate surface area is 110 Å². The number of pyridine rings is 1. The molecular weight excluding hydrogens is 284 g/mol. The summed E-state index contributed by atoms with van der Waals surface area (Å²) >= 11 is 3.29. The first kappa shape index (κ1) is 14.2. The monoisotopic (exact) mass is 302 g/mol. The summed E-state index contributed by atoms with van der Waals surface area (Å²) in [5.41, 5.74) is 5.53. The molecular formula is C11H19BrN4O. The van der Waals surface area contributed by atoms with E-state index in [0.717, 1.165) is 4.47 Å². The van der Waals surface area contributed by atoms with E-state index in [-0.39, 0.29) is 0 Å². The molecule has 0 spiro atoms. The summed E-state index contributed by atoms with van der Waals surface area (Å²) in [7, 11) is 3.83. The van der Waals surface area contributed by atoms with Crippen LogP contribution in [0.2, 0.25) is 0 Å². The van der Waals surface area contributed by atoms with E-state index in [2.05, 4.69) is 26.2 Å². The summed E-state index contributed by atoms with van der Waals surface area (Å²) in [4.78, 5) is 6.08. The number of rotatable bonds is 5. The molecule has 96 valence electrons. The Balaban J connectivity index is 2.61. The van der Waals surface area contributed by atoms with Gasteiger partial charge in [0.2, 0.25) is 0 Å². The van der Waals surface area contributed by atoms with Crippen molar-refractivity contribution in [3.8, 4) is 0 Å². The normalized spacial score (nSPS) is 14.7. The average Bonchev–Trinajstić information content (AvgIpc) is 2.14. The van der Waals surface area contributed by atoms with Gasteiger partial charge in [0.25, 0.3) is 0 Å². The number of hydrogen-bond acceptors (Lipinski definition) is 5. The van der Waals surface area contributed by atoms with Crippen molar-refractivity contribution in [2.24, 2.45) is 0 Å². The van der Waals surface area contributed by atoms with E-state index < -0.39 is 5.60 Å². The van der Waals surface area contributed by atoms with Crippen molar-refractivity contribution in [2.75, 3.05) is 38.2 Å². The fourth-order valence-electron chi connectivity index (χ4n) is 1.61. The highest BCUT2D eigenvalue weighted by Crippen LogP contribution is 2.20. The number of nitrogens with two attached hydrogens (primary N) is 1. The molecule has 6 heteroatoms. The number of likely N-dealkylation sites (N-methyl/N-ethyl adjacent to an activating group) is 1. The minimum absolute atomic E-state index is 0.393. The van der Waals surface area contributed by atoms with Crippen molar-refractivity contribution in [1.29, 1.82) is 0 Å². The highest BCUT2D eigenvalue weighted by Gasteiger charge is 2.21. The minimum Gasteiger partial charge on any atom is -0.396 e. The molecule has 0 radical (unpaired) electrons. The number of nitrogens with zero attached hydrogens (tertiary/aromatic N) is 2. The molecule has 0 aliphatic carbocycles. The number of hydrogen-bond donors (Lipinski definition) is 3. The first-order valence-corrected chi connectivity index (χ1v) is 6.11. The lowest BCUT2D eigenvalue weighted by Crippen LogP contribution is -2.43. The zero-order chi connectivity index (χ0) is 13.1. The van der Waals surface area contributed by atoms with E-state index in [1.54, 1.807) is 19.2 Å². The third-order valence-corrected chi connectivity index (χ3v) is 2.61. The first-order chi connectivity index (χ1) is 7.80. The number of anilines is 2. The SMILES string of the molecule is CN(C)CC(C)(O)CNc1ncc(Br)cc1N. The second-order valence-electron chi connectivity index (χ2n) is 4.68. The molecule has 17 heavy (non-hydrogen) atoms. The molecule has 5 nitrogen and oxygen atoms in total. The maximum atomic E-state index is 10.1. The molecule has 1 aromatic rings. The molecule has 1 heterocycles. The second kappa shape index (κ2) is 5.66. The third-order valence-electron chi connectivity index (χ3n) is 2.18. The molecule has 1 aromatic heterocycles. The number of aromatic nitrogens is 1. The van der Waals surface area contributed by atoms with Crippen molar-refractivity contribution < 1.29 is 5.11 Å². The zero-order valence-electron chi connectivity index (χ0n) is 10.4. The van der Waals surface area contributed by atoms with E-state index in [1.807, 2.05) is 19.0 Å². The fourth-order valence-corrected chi connectivity index (χ4v) is 1.96. The van der Waals surface area contributed by atoms with Gasteiger partial charge in [-0.15, -0.1) is 0 Å². The van der Waals surface area contributed by atoms with Crippen LogP contribution in [0.3, 0.4) is 0 Å². The lowest BCUT2D eigenvalue weighted by atomic mass is 10.1. The molecule has 0 aliphatic rings. The van der Waals surface area contributed by atoms with Gasteiger partial charge in [-0.1, -0.05) is 0 Å². The van der Waals surface area contributed by atoms with E-state index in [1.165, 1.54) is 0 Å². The number of nitrogens with one attached hydrogen (secondary N) is 1. The Hall–Kier alpha value is -0.850. The van der Waals surface area contributed by atoms with Gasteiger partial charge in [0, 0.05) is 23.8 Å². The largest absolute Gasteiger partial charge is 0.396 e. The van der Waals surface area contributed by atoms with Gasteiger partial charge in [0.05, 0.1) is 11.3 Å². The highest BCUT2D eigenvalue weighted by atomic mass is 79.9. The van der Waals surface area contributed by atoms with Crippen molar-refractivity contribution in [2.45, 2.75) is 12.5 Å². The van der Waals surface area contributed by atoms with E-state index in [9.17, 15) is 5.11 Å². The van der Waals surface area contributed by atoms with Crippen LogP contribution in [0.4, 0.5) is 11.5 Å². The van der Waals surface area contributed by atoms with Crippen LogP contribution in [-0.4, -0.2) is 47.8 Å². The minimum atomic E-state index is -0.829. The van der Waals surface area contributed by atoms with Gasteiger partial charge in [-0.2, -0.15) is 0 Å². The predicted molar refractivity (Wildman–Crippen MR) is 74.0 cm³/mol. The molecule has 4 N–H and O–H groups in total. The third kappa shape index (κ3) is 4.89. The highest BCUT2D eigenvalue weighted by molar-refractivity contribution is 9.10. The second-order valence-corrected chi connectivity index (χ2v) is 5.60. The average molecular weight is 303 g/mol. The standard InChI is InChI=1S/C11H19BrN4O/c1-11(17,7-16(2)3)6-15-10-9(13)4-8(12)5-14-10/h4-5,17H,6-7,13H2,1-3H3,(H,14,15). The fraction of sp³-hybridized carbons (Fsp3) is 0.545. The lowest BCUT2D eigenvalue weighted by molar-refractivity contribution is 0.0459. The number of nitrogen functional groups attached to an aromatic ring is 1. The van der Waals surface area contributed by atoms with Gasteiger partial charge in [0.15, 0.2) is 0 Å². The predicted octanol–water partition coefficient (Wildman–Crippen LogP) is 1.15. The van der Waals surface area contributed by atoms with Gasteiger partial charge >= 0.3 is 0 Å². The van der Waals surface area contributed by atoms with Crippen LogP contribution in [0.15, 0.2) is 16.7 Å². The van der Waals surface area contributed by atoms with E-state index in [0.29, 0.717) is 24.6 Å². The van der Waals surface area contributed by atoms with Crippen molar-refractivity contribution >= 4 is 27.4 Å². The summed E-state index contributed by atoms with van der Waals surface area (Å²) < 4.78 is 0.834. The van der Waals surface area contributed by atoms with Crippen LogP contribution < -0.4 is 11.1 Å². The maximum absolute atomic E-state index is 10.1. The number of aliphatic hydroxyl groups is 1. The summed E-state index contributed by atoms with van der Waals surface area (Å²) in [6.45, 7) is 2.73. The van der Waals surface area contributed by atoms with Gasteiger partial charge in [-0.05, 0) is 43.0 Å². The first-order valence-electron chi connectivity index (χ1n) is 5.32. The van der Waals surface area contributed by atoms with Crippen LogP contribution >= 0.6 is 15.9 Å². The molecule has 0 saturated carbocycles. The molecule has 1 unspecified atom stereocenters. The topological polar surface area (TPSA) is 74.4 Å². The van der Waals surface area contributed by atoms with E-state index in [4.69, 9.17) is 5.73 Å². The Bertz CT molecular complexity index is 382. The molecule has 0 aliphatic heterocycles. The molecule has 1 rings (SSSR count). The Morgan fingerprint density at radius 2 is 2.24 bits per heavy atom. The Morgan fingerprint density at radius 1 is 1.59 bits per heavy atom. The van der Waals surface area contributed by atoms with Crippen molar-refractivity contribution in [3.63, 3.8) is 0 Å². The van der Waals surface area contributed by atoms with Crippen LogP contribution in [-0.2, 0) is 0 Å². The molecule has 0 bridgehead atoms. The molecule has 0 saturated heterocycles. The summed E-state index contributed by atoms with van der Waals surface area (Å²) in [5, 5.41) is 13.2. The summed E-state index contributed by atoms with van der Waals surface area (Å²) in [6.07, 6.45) is 1.67. The maximum Gasteiger partial charge on any atom is 0.149 e. The van der Waals surface area contributed by atoms with Gasteiger partial charge < -0.3 is 21.1 Å². The molecule has 0 aromatic carbocycles. The van der Waals surface area contributed by atoms with Crippen LogP contribution in [0.25, 0.3) is 0 Å². The van der Waals surface area contributed by atoms with Crippen LogP contribution in [0.1, 0.15) is 6.92 Å². The van der Waals surface area contributed by atoms with Crippen LogP contribution in [0.5, 0.6) is 0 Å². The summed E-state index contributed by atoms with van der Waals surface area (Å²) in [5.74, 6) is 0.590. The molecule has 0 fully saturated rings. The molecule has 0 amide bonds. The Morgan fingerprint density at radius 3 is 2.76 bits per heavy atom. The zero-order valence-corrected chi connectivity index (χ0v) is 12.0. The van der Waals surface area contributed by atoms with Crippen molar-refractivity contribution in [1.82, 2.24) is 9.88 Å². The quantitative estimate of drug-likeness (QED) is 0.761. The van der Waals surface area contributed by atoms with E-state index >= 15 is 0 Å². The smallest absolute Gasteiger partial charge is 0.149 e. The summed E-state index contributed by atoms with van der Waals surface area (Å²) in [6, 6.07) is 1.77. The molecule has 1 atom stereocenters. The van der Waals surface area contributed by atoms with Gasteiger partial charge in [0.1, 0.15) is 5.82 Å². The Kier molecular flexibility index (Phi) is 4.73. The number of halogens is 1. The van der Waals surface area contributed by atoms with Crippen LogP contribution in [0, 0.1) is 0 Å². The van der Waals surface area contributed by atoms with Crippen molar-refractivity contribution in [3.05, 3.63) is 16.7 Å². The lowest BCUT2D eigenvalue weighted by Gasteiger charge is -2.27. The van der Waals surface area contributed by atoms with Gasteiger partial charge in [-0.3, -0.25) is 0 Å². The van der Waals surface area contributed by atoms with Gasteiger partial charge in [-0.25, -0.2) is 4.98 Å².